The van der Waals surface area contributed by atoms with Gasteiger partial charge in [0, 0.05) is 95.2 Å². The minimum Gasteiger partial charge on any atom is 0 e. The van der Waals surface area contributed by atoms with Gasteiger partial charge in [0.25, 0.3) is 0 Å². The van der Waals surface area contributed by atoms with E-state index in [0.29, 0.717) is 0 Å². The first-order valence-corrected chi connectivity index (χ1v) is 0. The smallest absolute Gasteiger partial charge is 0 e. The van der Waals surface area contributed by atoms with E-state index in [4.69, 9.17) is 0 Å². The second-order valence-corrected chi connectivity index (χ2v) is 0. The van der Waals surface area contributed by atoms with E-state index in [1.165, 1.54) is 0 Å². The molecule has 4 heteroatoms. The third-order valence-corrected chi connectivity index (χ3v) is 0. The molecule has 3 radical (unpaired) electrons. The monoisotopic (exact) mass is 553 g/mol. The van der Waals surface area contributed by atoms with Crippen LogP contribution in [-0.4, -0.2) is 24.4 Å². The van der Waals surface area contributed by atoms with Crippen LogP contribution in [0.1, 0.15) is 0 Å². The van der Waals surface area contributed by atoms with Gasteiger partial charge in [-0.15, -0.1) is 0 Å². The summed E-state index contributed by atoms with van der Waals surface area (Å²) in [4.78, 5) is 0. The van der Waals surface area contributed by atoms with Crippen molar-refractivity contribution < 1.29 is 95.2 Å². The van der Waals surface area contributed by atoms with Crippen LogP contribution in [0.4, 0.5) is 0 Å². The molecule has 0 aliphatic carbocycles. The van der Waals surface area contributed by atoms with E-state index in [2.05, 4.69) is 0 Å². The molecule has 4 heavy (non-hydrogen) atoms. The summed E-state index contributed by atoms with van der Waals surface area (Å²) in [5.41, 5.74) is 0. The van der Waals surface area contributed by atoms with Gasteiger partial charge in [0.1, 0.15) is 0 Å². The topological polar surface area (TPSA) is 0 Å². The minimum atomic E-state index is 0. The van der Waals surface area contributed by atoms with Crippen molar-refractivity contribution in [1.82, 2.24) is 0 Å². The zero-order chi connectivity index (χ0) is 0. The summed E-state index contributed by atoms with van der Waals surface area (Å²) in [5.74, 6) is 0. The Morgan fingerprint density at radius 1 is 1.00 bits per heavy atom. The Labute approximate surface area is 116 Å². The van der Waals surface area contributed by atoms with Crippen LogP contribution in [0.15, 0.2) is 0 Å². The SMILES string of the molecule is [Dy].[SbH2].[Tc].[Tm]. The molecule has 0 aliphatic heterocycles. The van der Waals surface area contributed by atoms with Crippen LogP contribution < -0.4 is 0 Å². The zero-order valence-electron chi connectivity index (χ0n) is 1.55. The molecule has 0 unspecified atom stereocenters. The molecule has 0 saturated carbocycles. The molecule has 0 aliphatic rings. The summed E-state index contributed by atoms with van der Waals surface area (Å²) in [6.07, 6.45) is 0. The normalized spacial score (nSPS) is 0. The first-order chi connectivity index (χ1) is 0. The molecular weight excluding hydrogens is 551 g/mol. The van der Waals surface area contributed by atoms with Crippen LogP contribution >= 0.6 is 0 Å². The third-order valence-electron chi connectivity index (χ3n) is 0. The zero-order valence-corrected chi connectivity index (χ0v) is 10.5. The molecule has 0 fully saturated rings. The Morgan fingerprint density at radius 2 is 1.00 bits per heavy atom. The van der Waals surface area contributed by atoms with Crippen molar-refractivity contribution >= 4 is 24.4 Å². The summed E-state index contributed by atoms with van der Waals surface area (Å²) in [7, 11) is 0. The van der Waals surface area contributed by atoms with Crippen LogP contribution in [-0.2, 0) is 20.1 Å². The Balaban J connectivity index is 0. The van der Waals surface area contributed by atoms with E-state index in [9.17, 15) is 0 Å². The van der Waals surface area contributed by atoms with E-state index in [0.717, 1.165) is 0 Å². The predicted octanol–water partition coefficient (Wildman–Crippen LogP) is -0.919. The largest absolute Gasteiger partial charge is 0 e. The maximum Gasteiger partial charge on any atom is 0 e. The Hall–Kier alpha value is 3.97. The fraction of sp³-hybridized carbons (Fsp3) is 0. The van der Waals surface area contributed by atoms with Crippen molar-refractivity contribution in [3.8, 4) is 0 Å². The molecule has 0 spiro atoms. The van der Waals surface area contributed by atoms with Crippen LogP contribution in [0, 0.1) is 75.0 Å². The van der Waals surface area contributed by atoms with Crippen molar-refractivity contribution in [3.05, 3.63) is 0 Å². The van der Waals surface area contributed by atoms with Crippen molar-refractivity contribution in [1.29, 1.82) is 0 Å². The average molecular weight is 553 g/mol. The summed E-state index contributed by atoms with van der Waals surface area (Å²) in [6.45, 7) is 0. The van der Waals surface area contributed by atoms with E-state index in [1.807, 2.05) is 0 Å². The molecule has 0 saturated heterocycles. The van der Waals surface area contributed by atoms with E-state index in [-0.39, 0.29) is 120 Å². The fourth-order valence-corrected chi connectivity index (χ4v) is 0. The van der Waals surface area contributed by atoms with Crippen LogP contribution in [0.3, 0.4) is 0 Å². The average Bonchev–Trinajstić information content (AvgIpc) is 0. The quantitative estimate of drug-likeness (QED) is 0.341. The van der Waals surface area contributed by atoms with Gasteiger partial charge in [-0.3, -0.25) is 0 Å². The molecule has 37 valence electrons. The van der Waals surface area contributed by atoms with Gasteiger partial charge in [0.15, 0.2) is 0 Å². The molecule has 0 aromatic heterocycles. The number of rotatable bonds is 0. The van der Waals surface area contributed by atoms with E-state index >= 15 is 0 Å². The molecule has 0 N–H and O–H groups in total. The fourth-order valence-electron chi connectivity index (χ4n) is 0. The summed E-state index contributed by atoms with van der Waals surface area (Å²) in [6, 6.07) is 0. The standard InChI is InChI=1S/Dy.Sb.Tc.Tm.2H. The Morgan fingerprint density at radius 3 is 1.00 bits per heavy atom. The van der Waals surface area contributed by atoms with Crippen LogP contribution in [0.5, 0.6) is 0 Å². The number of hydrogen-bond donors (Lipinski definition) is 0. The Bertz CT molecular complexity index is 8.00. The third kappa shape index (κ3) is 9.36. The molecule has 0 rings (SSSR count). The maximum atomic E-state index is 0. The van der Waals surface area contributed by atoms with Gasteiger partial charge in [-0.1, -0.05) is 0 Å². The molecule has 0 amide bonds. The molecule has 0 aromatic rings. The molecule has 0 nitrogen and oxygen atoms in total. The summed E-state index contributed by atoms with van der Waals surface area (Å²) in [5, 5.41) is 0. The second-order valence-electron chi connectivity index (χ2n) is 0. The van der Waals surface area contributed by atoms with Crippen LogP contribution in [0.25, 0.3) is 0 Å². The van der Waals surface area contributed by atoms with Crippen molar-refractivity contribution in [2.75, 3.05) is 0 Å². The predicted molar refractivity (Wildman–Crippen MR) is 8.54 cm³/mol. The van der Waals surface area contributed by atoms with Gasteiger partial charge in [-0.2, -0.15) is 0 Å². The van der Waals surface area contributed by atoms with Gasteiger partial charge < -0.3 is 0 Å². The Kier molecular flexibility index (Phi) is 96.8. The van der Waals surface area contributed by atoms with Crippen LogP contribution in [0.2, 0.25) is 0 Å². The summed E-state index contributed by atoms with van der Waals surface area (Å²) >= 11 is 0. The van der Waals surface area contributed by atoms with Gasteiger partial charge in [-0.25, -0.2) is 0 Å². The van der Waals surface area contributed by atoms with Crippen molar-refractivity contribution in [2.45, 2.75) is 0 Å². The summed E-state index contributed by atoms with van der Waals surface area (Å²) < 4.78 is 0. The first kappa shape index (κ1) is 24.6. The molecule has 0 bridgehead atoms. The van der Waals surface area contributed by atoms with E-state index in [1.54, 1.807) is 0 Å². The molecular formula is H2DySbTcTm. The maximum absolute atomic E-state index is 0. The first-order valence-electron chi connectivity index (χ1n) is 0. The second kappa shape index (κ2) is 15.8. The van der Waals surface area contributed by atoms with Gasteiger partial charge >= 0.3 is 24.4 Å². The molecule has 0 aromatic carbocycles. The van der Waals surface area contributed by atoms with Crippen molar-refractivity contribution in [2.24, 2.45) is 0 Å². The van der Waals surface area contributed by atoms with E-state index < -0.39 is 0 Å². The molecule has 0 heterocycles. The van der Waals surface area contributed by atoms with Crippen molar-refractivity contribution in [3.63, 3.8) is 0 Å². The van der Waals surface area contributed by atoms with Gasteiger partial charge in [0.2, 0.25) is 0 Å². The van der Waals surface area contributed by atoms with Gasteiger partial charge in [-0.05, 0) is 0 Å². The van der Waals surface area contributed by atoms with Gasteiger partial charge in [0.05, 0.1) is 0 Å². The minimum absolute atomic E-state index is 0. The molecule has 0 atom stereocenters. The number of hydrogen-bond acceptors (Lipinski definition) is 0.